The van der Waals surface area contributed by atoms with Crippen LogP contribution in [-0.4, -0.2) is 62.5 Å². The van der Waals surface area contributed by atoms with Crippen molar-refractivity contribution in [2.75, 3.05) is 12.4 Å². The number of methoxy groups -OCH3 is 1. The Morgan fingerprint density at radius 2 is 1.88 bits per heavy atom. The molecule has 1 aromatic carbocycles. The minimum atomic E-state index is -4.43. The fourth-order valence-electron chi connectivity index (χ4n) is 1.76. The van der Waals surface area contributed by atoms with Gasteiger partial charge in [-0.15, -0.1) is 0 Å². The number of hydrogen-bond donors (Lipinski definition) is 3. The van der Waals surface area contributed by atoms with Crippen molar-refractivity contribution in [3.8, 4) is 6.01 Å². The maximum atomic E-state index is 12.3. The zero-order valence-corrected chi connectivity index (χ0v) is 16.0. The SMILES string of the molecule is COc1nc(NC(=O)NS(=O)(=O)c2ccccc2C(=O)O)nc([Se]C)n1. The fraction of sp³-hybridized carbons (Fsp3) is 0.154. The summed E-state index contributed by atoms with van der Waals surface area (Å²) in [4.78, 5) is 34.3. The van der Waals surface area contributed by atoms with E-state index in [1.807, 2.05) is 5.82 Å². The van der Waals surface area contributed by atoms with Crippen molar-refractivity contribution in [1.82, 2.24) is 19.7 Å². The number of nitrogens with one attached hydrogen (secondary N) is 2. The van der Waals surface area contributed by atoms with E-state index in [-0.39, 0.29) is 26.9 Å². The number of carboxylic acids is 1. The number of amides is 2. The average Bonchev–Trinajstić information content (AvgIpc) is 2.60. The number of benzene rings is 1. The molecule has 0 saturated heterocycles. The summed E-state index contributed by atoms with van der Waals surface area (Å²) in [7, 11) is -3.10. The van der Waals surface area contributed by atoms with E-state index >= 15 is 0 Å². The van der Waals surface area contributed by atoms with Crippen LogP contribution in [0, 0.1) is 0 Å². The van der Waals surface area contributed by atoms with Gasteiger partial charge in [0.25, 0.3) is 0 Å². The first-order valence-corrected chi connectivity index (χ1v) is 10.8. The number of ether oxygens (including phenoxy) is 1. The Morgan fingerprint density at radius 3 is 2.50 bits per heavy atom. The molecule has 0 unspecified atom stereocenters. The van der Waals surface area contributed by atoms with Gasteiger partial charge < -0.3 is 0 Å². The molecule has 26 heavy (non-hydrogen) atoms. The molecule has 2 rings (SSSR count). The van der Waals surface area contributed by atoms with Gasteiger partial charge in [-0.2, -0.15) is 0 Å². The van der Waals surface area contributed by atoms with Crippen molar-refractivity contribution in [1.29, 1.82) is 0 Å². The Bertz CT molecular complexity index is 930. The van der Waals surface area contributed by atoms with Crippen LogP contribution in [0.3, 0.4) is 0 Å². The van der Waals surface area contributed by atoms with Crippen molar-refractivity contribution in [2.45, 2.75) is 10.7 Å². The quantitative estimate of drug-likeness (QED) is 0.496. The van der Waals surface area contributed by atoms with Gasteiger partial charge in [-0.3, -0.25) is 0 Å². The number of carboxylic acid groups (broad SMARTS) is 1. The number of sulfonamides is 1. The summed E-state index contributed by atoms with van der Waals surface area (Å²) < 4.78 is 31.6. The van der Waals surface area contributed by atoms with Crippen LogP contribution in [0.25, 0.3) is 0 Å². The number of aromatic carboxylic acids is 1. The Labute approximate surface area is 154 Å². The number of carbonyl (C=O) groups excluding carboxylic acids is 1. The molecule has 0 fully saturated rings. The first-order chi connectivity index (χ1) is 12.3. The first kappa shape index (κ1) is 19.6. The molecule has 0 saturated carbocycles. The summed E-state index contributed by atoms with van der Waals surface area (Å²) >= 11 is -0.115. The molecule has 11 nitrogen and oxygen atoms in total. The molecule has 0 bridgehead atoms. The molecule has 138 valence electrons. The second-order valence-electron chi connectivity index (χ2n) is 4.49. The van der Waals surface area contributed by atoms with Gasteiger partial charge in [0.15, 0.2) is 0 Å². The Morgan fingerprint density at radius 1 is 1.19 bits per heavy atom. The van der Waals surface area contributed by atoms with E-state index in [0.29, 0.717) is 4.72 Å². The third kappa shape index (κ3) is 4.65. The van der Waals surface area contributed by atoms with E-state index in [1.54, 1.807) is 4.72 Å². The number of nitrogens with zero attached hydrogens (tertiary/aromatic N) is 3. The zero-order chi connectivity index (χ0) is 19.3. The Balaban J connectivity index is 2.23. The third-order valence-corrected chi connectivity index (χ3v) is 5.36. The molecule has 0 aliphatic carbocycles. The Hall–Kier alpha value is -2.76. The summed E-state index contributed by atoms with van der Waals surface area (Å²) in [6, 6.07) is 3.70. The molecule has 0 atom stereocenters. The molecule has 0 aliphatic heterocycles. The van der Waals surface area contributed by atoms with Gasteiger partial charge >= 0.3 is 154 Å². The normalized spacial score (nSPS) is 10.8. The second kappa shape index (κ2) is 8.08. The molecular weight excluding hydrogens is 433 g/mol. The van der Waals surface area contributed by atoms with Crippen LogP contribution in [0.15, 0.2) is 29.2 Å². The van der Waals surface area contributed by atoms with Gasteiger partial charge in [0.05, 0.1) is 0 Å². The van der Waals surface area contributed by atoms with Crippen LogP contribution in [0.1, 0.15) is 10.4 Å². The number of anilines is 1. The average molecular weight is 446 g/mol. The molecule has 0 aliphatic rings. The number of hydrogen-bond acceptors (Lipinski definition) is 8. The third-order valence-electron chi connectivity index (χ3n) is 2.82. The van der Waals surface area contributed by atoms with Gasteiger partial charge in [0, 0.05) is 0 Å². The number of urea groups is 1. The van der Waals surface area contributed by atoms with Gasteiger partial charge in [-0.25, -0.2) is 0 Å². The van der Waals surface area contributed by atoms with E-state index in [1.165, 1.54) is 19.2 Å². The van der Waals surface area contributed by atoms with Crippen molar-refractivity contribution < 1.29 is 27.9 Å². The molecular formula is C13H13N5O6SSe. The van der Waals surface area contributed by atoms with Crippen molar-refractivity contribution in [3.63, 3.8) is 0 Å². The summed E-state index contributed by atoms with van der Waals surface area (Å²) in [5.41, 5.74) is -0.467. The Kier molecular flexibility index (Phi) is 6.08. The molecule has 3 N–H and O–H groups in total. The van der Waals surface area contributed by atoms with Crippen molar-refractivity contribution in [3.05, 3.63) is 29.8 Å². The van der Waals surface area contributed by atoms with Crippen LogP contribution in [0.5, 0.6) is 6.01 Å². The summed E-state index contributed by atoms with van der Waals surface area (Å²) in [6.07, 6.45) is 0. The molecule has 1 heterocycles. The summed E-state index contributed by atoms with van der Waals surface area (Å²) in [5, 5.41) is 11.2. The van der Waals surface area contributed by atoms with Crippen molar-refractivity contribution in [2.24, 2.45) is 0 Å². The van der Waals surface area contributed by atoms with Crippen molar-refractivity contribution >= 4 is 47.7 Å². The molecule has 2 aromatic rings. The standard InChI is InChI=1S/C13H13N5O6SSe/c1-24-12-15-10(16-13(17-12)26-2)14-11(21)18-25(22,23)8-6-4-3-5-7(8)9(19)20/h3-6H,1-2H3,(H,19,20)(H2,14,15,16,17,18,21). The van der Waals surface area contributed by atoms with Gasteiger partial charge in [0.1, 0.15) is 0 Å². The minimum absolute atomic E-state index is 0.0342. The predicted octanol–water partition coefficient (Wildman–Crippen LogP) is -0.534. The second-order valence-corrected chi connectivity index (χ2v) is 7.77. The molecule has 1 aromatic heterocycles. The van der Waals surface area contributed by atoms with E-state index in [9.17, 15) is 18.0 Å². The van der Waals surface area contributed by atoms with E-state index in [4.69, 9.17) is 9.84 Å². The monoisotopic (exact) mass is 447 g/mol. The van der Waals surface area contributed by atoms with Gasteiger partial charge in [-0.1, -0.05) is 0 Å². The topological polar surface area (TPSA) is 160 Å². The fourth-order valence-corrected chi connectivity index (χ4v) is 3.59. The summed E-state index contributed by atoms with van der Waals surface area (Å²) in [5.74, 6) is 0.192. The van der Waals surface area contributed by atoms with Crippen LogP contribution in [0.4, 0.5) is 10.7 Å². The molecule has 0 spiro atoms. The maximum absolute atomic E-state index is 12.3. The van der Waals surface area contributed by atoms with Crippen LogP contribution < -0.4 is 19.5 Å². The predicted molar refractivity (Wildman–Crippen MR) is 90.4 cm³/mol. The van der Waals surface area contributed by atoms with E-state index < -0.39 is 32.5 Å². The molecule has 13 heteroatoms. The van der Waals surface area contributed by atoms with Crippen LogP contribution >= 0.6 is 0 Å². The van der Waals surface area contributed by atoms with Gasteiger partial charge in [0.2, 0.25) is 0 Å². The van der Waals surface area contributed by atoms with Crippen LogP contribution in [0.2, 0.25) is 5.82 Å². The van der Waals surface area contributed by atoms with Crippen LogP contribution in [-0.2, 0) is 10.0 Å². The molecule has 0 radical (unpaired) electrons. The number of rotatable bonds is 6. The van der Waals surface area contributed by atoms with E-state index in [0.717, 1.165) is 12.1 Å². The number of aromatic nitrogens is 3. The first-order valence-electron chi connectivity index (χ1n) is 6.77. The molecule has 2 amide bonds. The number of carbonyl (C=O) groups is 2. The van der Waals surface area contributed by atoms with E-state index in [2.05, 4.69) is 20.3 Å². The summed E-state index contributed by atoms with van der Waals surface area (Å²) in [6.45, 7) is 0. The zero-order valence-electron chi connectivity index (χ0n) is 13.5. The van der Waals surface area contributed by atoms with Gasteiger partial charge in [-0.05, 0) is 0 Å².